The zero-order valence-electron chi connectivity index (χ0n) is 7.34. The van der Waals surface area contributed by atoms with Crippen molar-refractivity contribution >= 4 is 26.8 Å². The van der Waals surface area contributed by atoms with Crippen molar-refractivity contribution in [2.75, 3.05) is 0 Å². The van der Waals surface area contributed by atoms with E-state index in [2.05, 4.69) is 21.0 Å². The quantitative estimate of drug-likeness (QED) is 0.768. The first kappa shape index (κ1) is 9.58. The molecule has 74 valence electrons. The molecule has 0 unspecified atom stereocenters. The number of hydrogen-bond acceptors (Lipinski definition) is 1. The Morgan fingerprint density at radius 3 is 2.79 bits per heavy atom. The third kappa shape index (κ3) is 1.41. The van der Waals surface area contributed by atoms with Gasteiger partial charge in [-0.3, -0.25) is 0 Å². The van der Waals surface area contributed by atoms with Crippen molar-refractivity contribution in [1.82, 2.24) is 9.78 Å². The highest BCUT2D eigenvalue weighted by molar-refractivity contribution is 9.10. The average Bonchev–Trinajstić information content (AvgIpc) is 2.47. The van der Waals surface area contributed by atoms with E-state index in [1.807, 2.05) is 0 Å². The van der Waals surface area contributed by atoms with Crippen LogP contribution in [-0.4, -0.2) is 9.78 Å². The van der Waals surface area contributed by atoms with E-state index in [1.54, 1.807) is 19.1 Å². The van der Waals surface area contributed by atoms with Gasteiger partial charge in [-0.25, -0.2) is 4.68 Å². The molecule has 5 heteroatoms. The van der Waals surface area contributed by atoms with Gasteiger partial charge >= 0.3 is 6.55 Å². The summed E-state index contributed by atoms with van der Waals surface area (Å²) in [4.78, 5) is 0. The van der Waals surface area contributed by atoms with Crippen LogP contribution in [0.4, 0.5) is 8.78 Å². The van der Waals surface area contributed by atoms with E-state index in [4.69, 9.17) is 0 Å². The molecule has 2 aromatic rings. The zero-order valence-corrected chi connectivity index (χ0v) is 8.92. The summed E-state index contributed by atoms with van der Waals surface area (Å²) in [6, 6.07) is 3.57. The smallest absolute Gasteiger partial charge is 0.203 e. The number of benzene rings is 1. The molecule has 0 aliphatic carbocycles. The minimum atomic E-state index is -2.59. The van der Waals surface area contributed by atoms with Gasteiger partial charge in [-0.1, -0.05) is 15.9 Å². The molecule has 0 saturated heterocycles. The highest BCUT2D eigenvalue weighted by Crippen LogP contribution is 2.26. The maximum absolute atomic E-state index is 12.5. The number of alkyl halides is 2. The summed E-state index contributed by atoms with van der Waals surface area (Å²) in [6.07, 6.45) is 1.44. The minimum absolute atomic E-state index is 0.489. The standard InChI is InChI=1S/C9H7BrF2N2/c1-5-2-7(10)3-6-4-13-14(8(5)6)9(11)12/h2-4,9H,1H3. The third-order valence-corrected chi connectivity index (χ3v) is 2.49. The van der Waals surface area contributed by atoms with Crippen molar-refractivity contribution in [2.24, 2.45) is 0 Å². The van der Waals surface area contributed by atoms with Crippen molar-refractivity contribution in [3.8, 4) is 0 Å². The molecule has 2 nitrogen and oxygen atoms in total. The molecule has 1 aromatic carbocycles. The number of rotatable bonds is 1. The Morgan fingerprint density at radius 1 is 1.43 bits per heavy atom. The summed E-state index contributed by atoms with van der Waals surface area (Å²) in [7, 11) is 0. The molecule has 0 spiro atoms. The van der Waals surface area contributed by atoms with Crippen LogP contribution in [0.25, 0.3) is 10.9 Å². The van der Waals surface area contributed by atoms with Crippen molar-refractivity contribution in [3.05, 3.63) is 28.4 Å². The Morgan fingerprint density at radius 2 is 2.14 bits per heavy atom. The molecule has 0 radical (unpaired) electrons. The monoisotopic (exact) mass is 260 g/mol. The number of nitrogens with zero attached hydrogens (tertiary/aromatic N) is 2. The van der Waals surface area contributed by atoms with Crippen LogP contribution in [0.2, 0.25) is 0 Å². The van der Waals surface area contributed by atoms with Crippen molar-refractivity contribution in [3.63, 3.8) is 0 Å². The van der Waals surface area contributed by atoms with Gasteiger partial charge in [-0.2, -0.15) is 13.9 Å². The van der Waals surface area contributed by atoms with Crippen molar-refractivity contribution in [2.45, 2.75) is 13.5 Å². The van der Waals surface area contributed by atoms with E-state index in [1.165, 1.54) is 6.20 Å². The molecular formula is C9H7BrF2N2. The second-order valence-corrected chi connectivity index (χ2v) is 3.94. The van der Waals surface area contributed by atoms with Gasteiger partial charge in [-0.05, 0) is 24.6 Å². The molecule has 0 amide bonds. The SMILES string of the molecule is Cc1cc(Br)cc2cnn(C(F)F)c12. The fourth-order valence-corrected chi connectivity index (χ4v) is 2.09. The van der Waals surface area contributed by atoms with E-state index in [0.717, 1.165) is 20.1 Å². The van der Waals surface area contributed by atoms with E-state index >= 15 is 0 Å². The Labute approximate surface area is 87.6 Å². The molecule has 0 aliphatic rings. The van der Waals surface area contributed by atoms with Gasteiger partial charge in [0.25, 0.3) is 0 Å². The Balaban J connectivity index is 2.79. The fraction of sp³-hybridized carbons (Fsp3) is 0.222. The Kier molecular flexibility index (Phi) is 2.26. The topological polar surface area (TPSA) is 17.8 Å². The number of halogens is 3. The van der Waals surface area contributed by atoms with Crippen LogP contribution in [0, 0.1) is 6.92 Å². The molecule has 2 rings (SSSR count). The third-order valence-electron chi connectivity index (χ3n) is 2.03. The van der Waals surface area contributed by atoms with Crippen LogP contribution in [0.15, 0.2) is 22.8 Å². The number of aryl methyl sites for hydroxylation is 1. The lowest BCUT2D eigenvalue weighted by Gasteiger charge is -2.04. The highest BCUT2D eigenvalue weighted by Gasteiger charge is 2.13. The first-order valence-electron chi connectivity index (χ1n) is 4.01. The predicted octanol–water partition coefficient (Wildman–Crippen LogP) is 3.50. The van der Waals surface area contributed by atoms with Crippen LogP contribution in [0.1, 0.15) is 12.1 Å². The highest BCUT2D eigenvalue weighted by atomic mass is 79.9. The van der Waals surface area contributed by atoms with Gasteiger partial charge in [-0.15, -0.1) is 0 Å². The second-order valence-electron chi connectivity index (χ2n) is 3.03. The largest absolute Gasteiger partial charge is 0.333 e. The summed E-state index contributed by atoms with van der Waals surface area (Å²) in [6.45, 7) is -0.805. The van der Waals surface area contributed by atoms with Crippen LogP contribution in [0.5, 0.6) is 0 Å². The average molecular weight is 261 g/mol. The number of hydrogen-bond donors (Lipinski definition) is 0. The van der Waals surface area contributed by atoms with Crippen LogP contribution in [0.3, 0.4) is 0 Å². The van der Waals surface area contributed by atoms with E-state index < -0.39 is 6.55 Å². The fourth-order valence-electron chi connectivity index (χ4n) is 1.50. The predicted molar refractivity (Wildman–Crippen MR) is 53.4 cm³/mol. The van der Waals surface area contributed by atoms with Gasteiger partial charge in [0.15, 0.2) is 0 Å². The Hall–Kier alpha value is -0.970. The summed E-state index contributed by atoms with van der Waals surface area (Å²) >= 11 is 3.30. The molecule has 0 fully saturated rings. The molecule has 14 heavy (non-hydrogen) atoms. The molecule has 0 saturated carbocycles. The summed E-state index contributed by atoms with van der Waals surface area (Å²) in [5.41, 5.74) is 1.27. The lowest BCUT2D eigenvalue weighted by atomic mass is 10.2. The maximum atomic E-state index is 12.5. The first-order chi connectivity index (χ1) is 6.59. The van der Waals surface area contributed by atoms with Crippen LogP contribution < -0.4 is 0 Å². The van der Waals surface area contributed by atoms with E-state index in [0.29, 0.717) is 5.52 Å². The van der Waals surface area contributed by atoms with Gasteiger partial charge in [0.2, 0.25) is 0 Å². The van der Waals surface area contributed by atoms with Gasteiger partial charge in [0.05, 0.1) is 11.7 Å². The van der Waals surface area contributed by atoms with Crippen LogP contribution in [-0.2, 0) is 0 Å². The normalized spacial score (nSPS) is 11.5. The summed E-state index contributed by atoms with van der Waals surface area (Å²) in [5, 5.41) is 4.36. The maximum Gasteiger partial charge on any atom is 0.333 e. The van der Waals surface area contributed by atoms with E-state index in [-0.39, 0.29) is 0 Å². The second kappa shape index (κ2) is 3.31. The first-order valence-corrected chi connectivity index (χ1v) is 4.80. The summed E-state index contributed by atoms with van der Waals surface area (Å²) in [5.74, 6) is 0. The molecule has 0 aliphatic heterocycles. The van der Waals surface area contributed by atoms with Gasteiger partial charge in [0.1, 0.15) is 0 Å². The molecule has 1 heterocycles. The van der Waals surface area contributed by atoms with Gasteiger partial charge in [0, 0.05) is 9.86 Å². The van der Waals surface area contributed by atoms with Crippen molar-refractivity contribution < 1.29 is 8.78 Å². The Bertz CT molecular complexity index is 479. The number of aromatic nitrogens is 2. The minimum Gasteiger partial charge on any atom is -0.203 e. The molecule has 0 bridgehead atoms. The van der Waals surface area contributed by atoms with Crippen LogP contribution >= 0.6 is 15.9 Å². The molecular weight excluding hydrogens is 254 g/mol. The molecule has 1 aromatic heterocycles. The lowest BCUT2D eigenvalue weighted by molar-refractivity contribution is 0.0614. The molecule has 0 N–H and O–H groups in total. The van der Waals surface area contributed by atoms with Gasteiger partial charge < -0.3 is 0 Å². The lowest BCUT2D eigenvalue weighted by Crippen LogP contribution is -2.00. The summed E-state index contributed by atoms with van der Waals surface area (Å²) < 4.78 is 26.6. The molecule has 0 atom stereocenters. The van der Waals surface area contributed by atoms with E-state index in [9.17, 15) is 8.78 Å². The van der Waals surface area contributed by atoms with Crippen molar-refractivity contribution in [1.29, 1.82) is 0 Å². The number of fused-ring (bicyclic) bond motifs is 1. The zero-order chi connectivity index (χ0) is 10.3.